The van der Waals surface area contributed by atoms with Gasteiger partial charge in [-0.15, -0.1) is 0 Å². The number of rotatable bonds is 1. The molecule has 0 radical (unpaired) electrons. The maximum atomic E-state index is 13.6. The molecule has 4 heteroatoms. The first-order chi connectivity index (χ1) is 7.18. The second-order valence-electron chi connectivity index (χ2n) is 3.86. The normalized spacial score (nSPS) is 18.2. The molecule has 2 nitrogen and oxygen atoms in total. The van der Waals surface area contributed by atoms with Crippen molar-refractivity contribution in [2.75, 3.05) is 38.1 Å². The minimum absolute atomic E-state index is 0.145. The summed E-state index contributed by atoms with van der Waals surface area (Å²) in [5.41, 5.74) is 0.700. The summed E-state index contributed by atoms with van der Waals surface area (Å²) in [5, 5.41) is 0. The molecule has 2 rings (SSSR count). The van der Waals surface area contributed by atoms with E-state index in [0.29, 0.717) is 5.69 Å². The van der Waals surface area contributed by atoms with Crippen LogP contribution in [0.25, 0.3) is 0 Å². The van der Waals surface area contributed by atoms with E-state index < -0.39 is 0 Å². The van der Waals surface area contributed by atoms with Gasteiger partial charge in [0.15, 0.2) is 0 Å². The number of hydrogen-bond acceptors (Lipinski definition) is 2. The Morgan fingerprint density at radius 1 is 1.20 bits per heavy atom. The zero-order valence-electron chi connectivity index (χ0n) is 8.71. The molecule has 1 heterocycles. The van der Waals surface area contributed by atoms with Crippen LogP contribution in [0.15, 0.2) is 22.7 Å². The number of anilines is 1. The molecule has 1 aromatic rings. The Bertz CT molecular complexity index is 328. The minimum Gasteiger partial charge on any atom is -0.366 e. The molecule has 0 bridgehead atoms. The molecule has 0 amide bonds. The number of halogens is 2. The smallest absolute Gasteiger partial charge is 0.147 e. The Labute approximate surface area is 97.8 Å². The summed E-state index contributed by atoms with van der Waals surface area (Å²) in [6, 6.07) is 5.12. The molecular weight excluding hydrogens is 259 g/mol. The molecule has 0 atom stereocenters. The maximum absolute atomic E-state index is 13.6. The summed E-state index contributed by atoms with van der Waals surface area (Å²) in [5.74, 6) is -0.145. The first-order valence-corrected chi connectivity index (χ1v) is 5.85. The maximum Gasteiger partial charge on any atom is 0.147 e. The van der Waals surface area contributed by atoms with Gasteiger partial charge in [-0.1, -0.05) is 6.07 Å². The highest BCUT2D eigenvalue weighted by molar-refractivity contribution is 9.10. The summed E-state index contributed by atoms with van der Waals surface area (Å²) < 4.78 is 14.5. The second kappa shape index (κ2) is 4.49. The second-order valence-corrected chi connectivity index (χ2v) is 4.71. The van der Waals surface area contributed by atoms with Crippen LogP contribution in [0.3, 0.4) is 0 Å². The zero-order chi connectivity index (χ0) is 10.8. The predicted molar refractivity (Wildman–Crippen MR) is 63.8 cm³/mol. The van der Waals surface area contributed by atoms with E-state index in [2.05, 4.69) is 32.8 Å². The van der Waals surface area contributed by atoms with Crippen LogP contribution >= 0.6 is 15.9 Å². The molecule has 1 aromatic carbocycles. The fraction of sp³-hybridized carbons (Fsp3) is 0.455. The molecule has 0 saturated carbocycles. The quantitative estimate of drug-likeness (QED) is 0.775. The molecule has 1 saturated heterocycles. The van der Waals surface area contributed by atoms with Crippen molar-refractivity contribution < 1.29 is 4.39 Å². The lowest BCUT2D eigenvalue weighted by Gasteiger charge is -2.34. The molecule has 1 fully saturated rings. The van der Waals surface area contributed by atoms with Gasteiger partial charge in [0.05, 0.1) is 5.69 Å². The highest BCUT2D eigenvalue weighted by Gasteiger charge is 2.19. The lowest BCUT2D eigenvalue weighted by Crippen LogP contribution is -2.44. The van der Waals surface area contributed by atoms with E-state index in [4.69, 9.17) is 0 Å². The van der Waals surface area contributed by atoms with Crippen LogP contribution in [0.1, 0.15) is 0 Å². The molecule has 0 N–H and O–H groups in total. The Morgan fingerprint density at radius 2 is 1.87 bits per heavy atom. The molecule has 0 aliphatic carbocycles. The standard InChI is InChI=1S/C11H14BrFN2/c1-14-5-7-15(8-6-14)11-9(12)3-2-4-10(11)13/h2-4H,5-8H2,1H3. The van der Waals surface area contributed by atoms with Crippen molar-refractivity contribution in [2.24, 2.45) is 0 Å². The first-order valence-electron chi connectivity index (χ1n) is 5.06. The summed E-state index contributed by atoms with van der Waals surface area (Å²) in [4.78, 5) is 4.35. The van der Waals surface area contributed by atoms with E-state index in [0.717, 1.165) is 30.7 Å². The van der Waals surface area contributed by atoms with Crippen LogP contribution in [-0.2, 0) is 0 Å². The van der Waals surface area contributed by atoms with E-state index in [1.807, 2.05) is 6.07 Å². The van der Waals surface area contributed by atoms with Crippen molar-refractivity contribution in [3.8, 4) is 0 Å². The molecule has 0 spiro atoms. The van der Waals surface area contributed by atoms with E-state index in [1.54, 1.807) is 6.07 Å². The third-order valence-electron chi connectivity index (χ3n) is 2.76. The molecule has 0 unspecified atom stereocenters. The van der Waals surface area contributed by atoms with Crippen LogP contribution in [0.2, 0.25) is 0 Å². The first kappa shape index (κ1) is 10.9. The molecular formula is C11H14BrFN2. The van der Waals surface area contributed by atoms with Crippen LogP contribution in [0.5, 0.6) is 0 Å². The summed E-state index contributed by atoms with van der Waals surface area (Å²) >= 11 is 3.40. The topological polar surface area (TPSA) is 6.48 Å². The lowest BCUT2D eigenvalue weighted by molar-refractivity contribution is 0.311. The largest absolute Gasteiger partial charge is 0.366 e. The van der Waals surface area contributed by atoms with E-state index in [9.17, 15) is 4.39 Å². The van der Waals surface area contributed by atoms with Gasteiger partial charge in [-0.25, -0.2) is 4.39 Å². The van der Waals surface area contributed by atoms with Gasteiger partial charge in [-0.05, 0) is 35.1 Å². The van der Waals surface area contributed by atoms with Gasteiger partial charge in [0.2, 0.25) is 0 Å². The zero-order valence-corrected chi connectivity index (χ0v) is 10.3. The van der Waals surface area contributed by atoms with Crippen molar-refractivity contribution in [3.63, 3.8) is 0 Å². The van der Waals surface area contributed by atoms with Crippen LogP contribution in [-0.4, -0.2) is 38.1 Å². The van der Waals surface area contributed by atoms with Crippen molar-refractivity contribution in [1.82, 2.24) is 4.90 Å². The van der Waals surface area contributed by atoms with Crippen LogP contribution < -0.4 is 4.90 Å². The Hall–Kier alpha value is -0.610. The number of piperazine rings is 1. The van der Waals surface area contributed by atoms with Gasteiger partial charge in [0.25, 0.3) is 0 Å². The van der Waals surface area contributed by atoms with Crippen molar-refractivity contribution in [2.45, 2.75) is 0 Å². The third-order valence-corrected chi connectivity index (χ3v) is 3.40. The predicted octanol–water partition coefficient (Wildman–Crippen LogP) is 2.34. The van der Waals surface area contributed by atoms with Gasteiger partial charge in [0, 0.05) is 30.7 Å². The lowest BCUT2D eigenvalue weighted by atomic mass is 10.2. The average molecular weight is 273 g/mol. The number of para-hydroxylation sites is 1. The van der Waals surface area contributed by atoms with E-state index in [1.165, 1.54) is 6.07 Å². The molecule has 1 aliphatic rings. The van der Waals surface area contributed by atoms with Crippen molar-refractivity contribution in [3.05, 3.63) is 28.5 Å². The van der Waals surface area contributed by atoms with Gasteiger partial charge in [-0.3, -0.25) is 0 Å². The van der Waals surface area contributed by atoms with Gasteiger partial charge < -0.3 is 9.80 Å². The summed E-state index contributed by atoms with van der Waals surface area (Å²) in [6.07, 6.45) is 0. The SMILES string of the molecule is CN1CCN(c2c(F)cccc2Br)CC1. The number of hydrogen-bond donors (Lipinski definition) is 0. The fourth-order valence-electron chi connectivity index (χ4n) is 1.82. The van der Waals surface area contributed by atoms with E-state index in [-0.39, 0.29) is 5.82 Å². The Kier molecular flexibility index (Phi) is 3.26. The Morgan fingerprint density at radius 3 is 2.47 bits per heavy atom. The summed E-state index contributed by atoms with van der Waals surface area (Å²) in [6.45, 7) is 3.74. The van der Waals surface area contributed by atoms with Crippen LogP contribution in [0.4, 0.5) is 10.1 Å². The highest BCUT2D eigenvalue weighted by Crippen LogP contribution is 2.29. The molecule has 1 aliphatic heterocycles. The molecule has 82 valence electrons. The fourth-order valence-corrected chi connectivity index (χ4v) is 2.41. The highest BCUT2D eigenvalue weighted by atomic mass is 79.9. The average Bonchev–Trinajstić information content (AvgIpc) is 2.20. The third kappa shape index (κ3) is 2.32. The van der Waals surface area contributed by atoms with Gasteiger partial charge >= 0.3 is 0 Å². The van der Waals surface area contributed by atoms with Crippen LogP contribution in [0, 0.1) is 5.82 Å². The Balaban J connectivity index is 2.22. The number of likely N-dealkylation sites (N-methyl/N-ethyl adjacent to an activating group) is 1. The molecule has 15 heavy (non-hydrogen) atoms. The summed E-state index contributed by atoms with van der Waals surface area (Å²) in [7, 11) is 2.09. The number of nitrogens with zero attached hydrogens (tertiary/aromatic N) is 2. The number of benzene rings is 1. The van der Waals surface area contributed by atoms with Crippen molar-refractivity contribution >= 4 is 21.6 Å². The van der Waals surface area contributed by atoms with Crippen molar-refractivity contribution in [1.29, 1.82) is 0 Å². The van der Waals surface area contributed by atoms with Gasteiger partial charge in [0.1, 0.15) is 5.82 Å². The van der Waals surface area contributed by atoms with Gasteiger partial charge in [-0.2, -0.15) is 0 Å². The minimum atomic E-state index is -0.145. The molecule has 0 aromatic heterocycles. The monoisotopic (exact) mass is 272 g/mol. The van der Waals surface area contributed by atoms with E-state index >= 15 is 0 Å².